The normalized spacial score (nSPS) is 12.7. The molecule has 0 radical (unpaired) electrons. The van der Waals surface area contributed by atoms with Crippen molar-refractivity contribution in [2.45, 2.75) is 65.8 Å². The molecule has 0 saturated carbocycles. The van der Waals surface area contributed by atoms with Crippen molar-refractivity contribution in [3.8, 4) is 0 Å². The van der Waals surface area contributed by atoms with Gasteiger partial charge >= 0.3 is 0 Å². The summed E-state index contributed by atoms with van der Waals surface area (Å²) in [5, 5.41) is 3.44. The van der Waals surface area contributed by atoms with Gasteiger partial charge in [-0.3, -0.25) is 0 Å². The Labute approximate surface area is 117 Å². The first kappa shape index (κ1) is 16.2. The van der Waals surface area contributed by atoms with Crippen molar-refractivity contribution >= 4 is 0 Å². The van der Waals surface area contributed by atoms with Crippen LogP contribution in [0.4, 0.5) is 4.39 Å². The van der Waals surface area contributed by atoms with Gasteiger partial charge in [-0.25, -0.2) is 4.39 Å². The molecule has 0 amide bonds. The molecule has 0 spiro atoms. The zero-order valence-electron chi connectivity index (χ0n) is 12.9. The molecule has 1 aromatic carbocycles. The van der Waals surface area contributed by atoms with Crippen molar-refractivity contribution in [1.29, 1.82) is 0 Å². The molecular formula is C17H28FN. The minimum Gasteiger partial charge on any atom is -0.310 e. The fourth-order valence-corrected chi connectivity index (χ4v) is 2.74. The third-order valence-electron chi connectivity index (χ3n) is 3.63. The number of unbranched alkanes of at least 4 members (excludes halogenated alkanes) is 3. The van der Waals surface area contributed by atoms with Crippen LogP contribution in [-0.2, 0) is 0 Å². The third kappa shape index (κ3) is 4.94. The van der Waals surface area contributed by atoms with E-state index < -0.39 is 0 Å². The van der Waals surface area contributed by atoms with Gasteiger partial charge in [0.25, 0.3) is 0 Å². The third-order valence-corrected chi connectivity index (χ3v) is 3.63. The fraction of sp³-hybridized carbons (Fsp3) is 0.647. The minimum absolute atomic E-state index is 0.0565. The van der Waals surface area contributed by atoms with Gasteiger partial charge in [0.15, 0.2) is 0 Å². The first-order valence-corrected chi connectivity index (χ1v) is 7.60. The summed E-state index contributed by atoms with van der Waals surface area (Å²) in [4.78, 5) is 0. The van der Waals surface area contributed by atoms with Crippen LogP contribution in [0.15, 0.2) is 12.1 Å². The molecule has 1 rings (SSSR count). The molecule has 0 aliphatic heterocycles. The lowest BCUT2D eigenvalue weighted by molar-refractivity contribution is 0.458. The molecule has 2 heteroatoms. The molecule has 0 aromatic heterocycles. The second-order valence-electron chi connectivity index (χ2n) is 5.44. The zero-order chi connectivity index (χ0) is 14.3. The van der Waals surface area contributed by atoms with Gasteiger partial charge in [0.1, 0.15) is 5.82 Å². The Morgan fingerprint density at radius 1 is 1.11 bits per heavy atom. The molecule has 0 saturated heterocycles. The Morgan fingerprint density at radius 3 is 2.42 bits per heavy atom. The van der Waals surface area contributed by atoms with Crippen molar-refractivity contribution in [3.05, 3.63) is 34.6 Å². The molecule has 108 valence electrons. The Hall–Kier alpha value is -0.890. The van der Waals surface area contributed by atoms with Crippen molar-refractivity contribution < 1.29 is 4.39 Å². The van der Waals surface area contributed by atoms with E-state index in [1.54, 1.807) is 6.07 Å². The summed E-state index contributed by atoms with van der Waals surface area (Å²) in [6, 6.07) is 3.88. The van der Waals surface area contributed by atoms with E-state index in [0.717, 1.165) is 36.1 Å². The van der Waals surface area contributed by atoms with E-state index in [1.807, 2.05) is 13.8 Å². The first-order valence-electron chi connectivity index (χ1n) is 7.60. The molecule has 0 aliphatic rings. The van der Waals surface area contributed by atoms with Crippen LogP contribution >= 0.6 is 0 Å². The first-order chi connectivity index (χ1) is 9.10. The topological polar surface area (TPSA) is 12.0 Å². The monoisotopic (exact) mass is 265 g/mol. The molecule has 1 N–H and O–H groups in total. The highest BCUT2D eigenvalue weighted by molar-refractivity contribution is 5.34. The molecule has 0 fully saturated rings. The van der Waals surface area contributed by atoms with Crippen LogP contribution in [0.2, 0.25) is 0 Å². The maximum absolute atomic E-state index is 14.2. The number of hydrogen-bond acceptors (Lipinski definition) is 1. The van der Waals surface area contributed by atoms with Crippen molar-refractivity contribution in [2.75, 3.05) is 6.54 Å². The summed E-state index contributed by atoms with van der Waals surface area (Å²) >= 11 is 0. The molecule has 1 unspecified atom stereocenters. The predicted octanol–water partition coefficient (Wildman–Crippen LogP) is 5.06. The lowest BCUT2D eigenvalue weighted by Gasteiger charge is -2.21. The summed E-state index contributed by atoms with van der Waals surface area (Å²) in [6.45, 7) is 9.14. The van der Waals surface area contributed by atoms with E-state index in [0.29, 0.717) is 0 Å². The summed E-state index contributed by atoms with van der Waals surface area (Å²) in [5.41, 5.74) is 2.93. The van der Waals surface area contributed by atoms with Gasteiger partial charge in [-0.15, -0.1) is 0 Å². The van der Waals surface area contributed by atoms with E-state index >= 15 is 0 Å². The number of hydrogen-bond donors (Lipinski definition) is 1. The van der Waals surface area contributed by atoms with Gasteiger partial charge in [-0.2, -0.15) is 0 Å². The van der Waals surface area contributed by atoms with Crippen LogP contribution in [-0.4, -0.2) is 6.54 Å². The Kier molecular flexibility index (Phi) is 7.07. The number of halogens is 1. The van der Waals surface area contributed by atoms with E-state index in [4.69, 9.17) is 0 Å². The maximum Gasteiger partial charge on any atom is 0.128 e. The van der Waals surface area contributed by atoms with E-state index in [-0.39, 0.29) is 11.9 Å². The van der Waals surface area contributed by atoms with Gasteiger partial charge in [-0.05, 0) is 44.0 Å². The number of nitrogens with one attached hydrogen (secondary N) is 1. The molecule has 1 atom stereocenters. The largest absolute Gasteiger partial charge is 0.310 e. The number of rotatable bonds is 8. The van der Waals surface area contributed by atoms with E-state index in [2.05, 4.69) is 25.2 Å². The SMILES string of the molecule is CCCCCCC(NCC)c1c(C)cc(C)cc1F. The molecule has 0 aliphatic carbocycles. The van der Waals surface area contributed by atoms with Crippen molar-refractivity contribution in [3.63, 3.8) is 0 Å². The van der Waals surface area contributed by atoms with Crippen molar-refractivity contribution in [2.24, 2.45) is 0 Å². The highest BCUT2D eigenvalue weighted by Crippen LogP contribution is 2.27. The molecule has 19 heavy (non-hydrogen) atoms. The second kappa shape index (κ2) is 8.31. The second-order valence-corrected chi connectivity index (χ2v) is 5.44. The predicted molar refractivity (Wildman–Crippen MR) is 81.1 cm³/mol. The maximum atomic E-state index is 14.2. The summed E-state index contributed by atoms with van der Waals surface area (Å²) in [7, 11) is 0. The molecule has 0 bridgehead atoms. The van der Waals surface area contributed by atoms with Crippen LogP contribution in [0.1, 0.15) is 68.7 Å². The average molecular weight is 265 g/mol. The molecule has 0 heterocycles. The van der Waals surface area contributed by atoms with E-state index in [1.165, 1.54) is 19.3 Å². The van der Waals surface area contributed by atoms with Gasteiger partial charge in [-0.1, -0.05) is 45.6 Å². The number of benzene rings is 1. The Bertz CT molecular complexity index is 364. The van der Waals surface area contributed by atoms with Crippen LogP contribution in [0.5, 0.6) is 0 Å². The van der Waals surface area contributed by atoms with Crippen LogP contribution in [0.25, 0.3) is 0 Å². The summed E-state index contributed by atoms with van der Waals surface area (Å²) in [6.07, 6.45) is 5.94. The summed E-state index contributed by atoms with van der Waals surface area (Å²) < 4.78 is 14.2. The lowest BCUT2D eigenvalue weighted by atomic mass is 9.94. The Balaban J connectivity index is 2.80. The molecular weight excluding hydrogens is 237 g/mol. The zero-order valence-corrected chi connectivity index (χ0v) is 12.9. The minimum atomic E-state index is -0.0565. The highest BCUT2D eigenvalue weighted by atomic mass is 19.1. The molecule has 1 aromatic rings. The van der Waals surface area contributed by atoms with Crippen LogP contribution in [0, 0.1) is 19.7 Å². The Morgan fingerprint density at radius 2 is 1.84 bits per heavy atom. The average Bonchev–Trinajstić information content (AvgIpc) is 2.33. The van der Waals surface area contributed by atoms with Gasteiger partial charge in [0.2, 0.25) is 0 Å². The number of aryl methyl sites for hydroxylation is 2. The smallest absolute Gasteiger partial charge is 0.128 e. The molecule has 1 nitrogen and oxygen atoms in total. The van der Waals surface area contributed by atoms with Gasteiger partial charge in [0.05, 0.1) is 0 Å². The van der Waals surface area contributed by atoms with Gasteiger partial charge in [0, 0.05) is 11.6 Å². The quantitative estimate of drug-likeness (QED) is 0.647. The lowest BCUT2D eigenvalue weighted by Crippen LogP contribution is -2.23. The van der Waals surface area contributed by atoms with Crippen LogP contribution in [0.3, 0.4) is 0 Å². The van der Waals surface area contributed by atoms with Gasteiger partial charge < -0.3 is 5.32 Å². The summed E-state index contributed by atoms with van der Waals surface area (Å²) in [5.74, 6) is -0.0565. The fourth-order valence-electron chi connectivity index (χ4n) is 2.74. The van der Waals surface area contributed by atoms with Crippen molar-refractivity contribution in [1.82, 2.24) is 5.32 Å². The van der Waals surface area contributed by atoms with E-state index in [9.17, 15) is 4.39 Å². The highest BCUT2D eigenvalue weighted by Gasteiger charge is 2.17. The van der Waals surface area contributed by atoms with Crippen LogP contribution < -0.4 is 5.32 Å². The standard InChI is InChI=1S/C17H28FN/c1-5-7-8-9-10-16(19-6-2)17-14(4)11-13(3)12-15(17)18/h11-12,16,19H,5-10H2,1-4H3.